The van der Waals surface area contributed by atoms with E-state index in [0.717, 1.165) is 11.3 Å². The van der Waals surface area contributed by atoms with Crippen LogP contribution in [-0.2, 0) is 0 Å². The van der Waals surface area contributed by atoms with E-state index in [1.54, 1.807) is 18.2 Å². The van der Waals surface area contributed by atoms with Crippen LogP contribution in [0.5, 0.6) is 11.5 Å². The van der Waals surface area contributed by atoms with Gasteiger partial charge < -0.3 is 14.6 Å². The largest absolute Gasteiger partial charge is 0.490 e. The molecule has 22 heavy (non-hydrogen) atoms. The molecule has 0 aromatic heterocycles. The maximum atomic E-state index is 10.8. The summed E-state index contributed by atoms with van der Waals surface area (Å²) in [4.78, 5) is 10.8. The predicted octanol–water partition coefficient (Wildman–Crippen LogP) is 4.57. The van der Waals surface area contributed by atoms with Gasteiger partial charge in [0.15, 0.2) is 0 Å². The molecule has 0 aliphatic rings. The molecule has 6 heteroatoms. The Morgan fingerprint density at radius 1 is 1.18 bits per heavy atom. The van der Waals surface area contributed by atoms with Crippen molar-refractivity contribution in [3.8, 4) is 11.5 Å². The minimum Gasteiger partial charge on any atom is -0.490 e. The Kier molecular flexibility index (Phi) is 5.69. The molecule has 2 aromatic carbocycles. The lowest BCUT2D eigenvalue weighted by Crippen LogP contribution is -2.09. The molecule has 0 bridgehead atoms. The van der Waals surface area contributed by atoms with Crippen LogP contribution in [0.3, 0.4) is 0 Å². The van der Waals surface area contributed by atoms with Gasteiger partial charge in [0.2, 0.25) is 0 Å². The highest BCUT2D eigenvalue weighted by molar-refractivity contribution is 9.10. The number of ether oxygens (including phenoxy) is 2. The molecular weight excluding hydrogens is 372 g/mol. The molecule has 0 aliphatic carbocycles. The lowest BCUT2D eigenvalue weighted by atomic mass is 10.2. The molecule has 116 valence electrons. The highest BCUT2D eigenvalue weighted by atomic mass is 79.9. The van der Waals surface area contributed by atoms with Gasteiger partial charge in [0, 0.05) is 5.02 Å². The topological polar surface area (TPSA) is 55.8 Å². The third-order valence-corrected chi connectivity index (χ3v) is 3.96. The van der Waals surface area contributed by atoms with Gasteiger partial charge in [-0.15, -0.1) is 0 Å². The zero-order valence-corrected chi connectivity index (χ0v) is 14.1. The van der Waals surface area contributed by atoms with Crippen molar-refractivity contribution in [3.63, 3.8) is 0 Å². The molecule has 0 amide bonds. The second-order valence-electron chi connectivity index (χ2n) is 4.56. The first kappa shape index (κ1) is 16.6. The quantitative estimate of drug-likeness (QED) is 0.740. The zero-order chi connectivity index (χ0) is 16.1. The van der Waals surface area contributed by atoms with Crippen molar-refractivity contribution >= 4 is 33.5 Å². The van der Waals surface area contributed by atoms with Gasteiger partial charge in [0.25, 0.3) is 0 Å². The number of halogens is 2. The van der Waals surface area contributed by atoms with Crippen LogP contribution in [-0.4, -0.2) is 24.3 Å². The third-order valence-electron chi connectivity index (χ3n) is 2.92. The van der Waals surface area contributed by atoms with Crippen LogP contribution in [0.1, 0.15) is 15.9 Å². The number of aryl methyl sites for hydroxylation is 1. The maximum absolute atomic E-state index is 10.8. The van der Waals surface area contributed by atoms with Gasteiger partial charge in [-0.05, 0) is 64.8 Å². The number of rotatable bonds is 6. The van der Waals surface area contributed by atoms with Gasteiger partial charge in [-0.1, -0.05) is 11.6 Å². The smallest absolute Gasteiger partial charge is 0.335 e. The number of aromatic carboxylic acids is 1. The lowest BCUT2D eigenvalue weighted by molar-refractivity contribution is 0.0696. The van der Waals surface area contributed by atoms with Crippen molar-refractivity contribution < 1.29 is 19.4 Å². The summed E-state index contributed by atoms with van der Waals surface area (Å²) in [7, 11) is 0. The minimum absolute atomic E-state index is 0.201. The Balaban J connectivity index is 1.86. The molecule has 0 unspecified atom stereocenters. The van der Waals surface area contributed by atoms with Crippen molar-refractivity contribution in [2.24, 2.45) is 0 Å². The number of carboxylic acids is 1. The fourth-order valence-electron chi connectivity index (χ4n) is 1.77. The molecule has 0 aliphatic heterocycles. The molecule has 0 spiro atoms. The number of hydrogen-bond acceptors (Lipinski definition) is 3. The zero-order valence-electron chi connectivity index (χ0n) is 11.8. The molecule has 0 saturated heterocycles. The monoisotopic (exact) mass is 384 g/mol. The fraction of sp³-hybridized carbons (Fsp3) is 0.188. The first-order valence-electron chi connectivity index (χ1n) is 6.52. The van der Waals surface area contributed by atoms with E-state index < -0.39 is 5.97 Å². The van der Waals surface area contributed by atoms with Gasteiger partial charge in [0.05, 0.1) is 10.0 Å². The standard InChI is InChI=1S/C16H14BrClO4/c1-10-8-12(3-4-14(10)18)21-6-7-22-15-5-2-11(16(19)20)9-13(15)17/h2-5,8-9H,6-7H2,1H3,(H,19,20). The summed E-state index contributed by atoms with van der Waals surface area (Å²) < 4.78 is 11.7. The van der Waals surface area contributed by atoms with Gasteiger partial charge >= 0.3 is 5.97 Å². The van der Waals surface area contributed by atoms with E-state index in [0.29, 0.717) is 28.5 Å². The van der Waals surface area contributed by atoms with Crippen LogP contribution in [0.15, 0.2) is 40.9 Å². The van der Waals surface area contributed by atoms with Crippen LogP contribution in [0.25, 0.3) is 0 Å². The molecule has 2 rings (SSSR count). The third kappa shape index (κ3) is 4.39. The van der Waals surface area contributed by atoms with Crippen molar-refractivity contribution in [1.82, 2.24) is 0 Å². The fourth-order valence-corrected chi connectivity index (χ4v) is 2.38. The number of carbonyl (C=O) groups is 1. The summed E-state index contributed by atoms with van der Waals surface area (Å²) in [5.41, 5.74) is 1.15. The van der Waals surface area contributed by atoms with Crippen LogP contribution in [0.2, 0.25) is 5.02 Å². The molecular formula is C16H14BrClO4. The molecule has 0 radical (unpaired) electrons. The van der Waals surface area contributed by atoms with E-state index in [9.17, 15) is 4.79 Å². The summed E-state index contributed by atoms with van der Waals surface area (Å²) in [5, 5.41) is 9.59. The maximum Gasteiger partial charge on any atom is 0.335 e. The lowest BCUT2D eigenvalue weighted by Gasteiger charge is -2.10. The van der Waals surface area contributed by atoms with E-state index in [4.69, 9.17) is 26.2 Å². The van der Waals surface area contributed by atoms with Gasteiger partial charge in [-0.2, -0.15) is 0 Å². The van der Waals surface area contributed by atoms with Crippen LogP contribution in [0, 0.1) is 6.92 Å². The van der Waals surface area contributed by atoms with E-state index >= 15 is 0 Å². The van der Waals surface area contributed by atoms with E-state index in [2.05, 4.69) is 15.9 Å². The van der Waals surface area contributed by atoms with Crippen molar-refractivity contribution in [2.45, 2.75) is 6.92 Å². The normalized spacial score (nSPS) is 10.3. The molecule has 0 heterocycles. The van der Waals surface area contributed by atoms with Gasteiger partial charge in [0.1, 0.15) is 24.7 Å². The minimum atomic E-state index is -0.978. The van der Waals surface area contributed by atoms with Crippen molar-refractivity contribution in [2.75, 3.05) is 13.2 Å². The van der Waals surface area contributed by atoms with Gasteiger partial charge in [-0.25, -0.2) is 4.79 Å². The van der Waals surface area contributed by atoms with E-state index in [-0.39, 0.29) is 5.56 Å². The second-order valence-corrected chi connectivity index (χ2v) is 5.82. The molecule has 0 fully saturated rings. The Bertz CT molecular complexity index is 688. The Morgan fingerprint density at radius 2 is 1.91 bits per heavy atom. The van der Waals surface area contributed by atoms with Crippen molar-refractivity contribution in [3.05, 3.63) is 57.0 Å². The summed E-state index contributed by atoms with van der Waals surface area (Å²) in [6, 6.07) is 10.0. The average Bonchev–Trinajstić information content (AvgIpc) is 2.48. The highest BCUT2D eigenvalue weighted by Gasteiger charge is 2.07. The second kappa shape index (κ2) is 7.51. The highest BCUT2D eigenvalue weighted by Crippen LogP contribution is 2.26. The van der Waals surface area contributed by atoms with Crippen LogP contribution < -0.4 is 9.47 Å². The number of carboxylic acid groups (broad SMARTS) is 1. The number of hydrogen-bond donors (Lipinski definition) is 1. The van der Waals surface area contributed by atoms with Gasteiger partial charge in [-0.3, -0.25) is 0 Å². The first-order chi connectivity index (χ1) is 10.5. The van der Waals surface area contributed by atoms with E-state index in [1.807, 2.05) is 13.0 Å². The summed E-state index contributed by atoms with van der Waals surface area (Å²) in [6.07, 6.45) is 0. The average molecular weight is 386 g/mol. The Morgan fingerprint density at radius 3 is 2.55 bits per heavy atom. The molecule has 2 aromatic rings. The predicted molar refractivity (Wildman–Crippen MR) is 88.3 cm³/mol. The number of benzene rings is 2. The summed E-state index contributed by atoms with van der Waals surface area (Å²) in [6.45, 7) is 2.62. The Labute approximate surface area is 141 Å². The summed E-state index contributed by atoms with van der Waals surface area (Å²) >= 11 is 9.23. The molecule has 4 nitrogen and oxygen atoms in total. The summed E-state index contributed by atoms with van der Waals surface area (Å²) in [5.74, 6) is 0.320. The Hall–Kier alpha value is -1.72. The SMILES string of the molecule is Cc1cc(OCCOc2ccc(C(=O)O)cc2Br)ccc1Cl. The van der Waals surface area contributed by atoms with Crippen molar-refractivity contribution in [1.29, 1.82) is 0 Å². The van der Waals surface area contributed by atoms with Crippen LogP contribution in [0.4, 0.5) is 0 Å². The molecule has 1 N–H and O–H groups in total. The van der Waals surface area contributed by atoms with Crippen LogP contribution >= 0.6 is 27.5 Å². The molecule has 0 atom stereocenters. The first-order valence-corrected chi connectivity index (χ1v) is 7.69. The molecule has 0 saturated carbocycles. The van der Waals surface area contributed by atoms with E-state index in [1.165, 1.54) is 12.1 Å².